The lowest BCUT2D eigenvalue weighted by Crippen LogP contribution is -2.18. The van der Waals surface area contributed by atoms with Crippen molar-refractivity contribution in [2.45, 2.75) is 13.8 Å². The molecule has 6 nitrogen and oxygen atoms in total. The number of amides is 2. The Morgan fingerprint density at radius 2 is 1.72 bits per heavy atom. The van der Waals surface area contributed by atoms with Gasteiger partial charge in [-0.05, 0) is 48.5 Å². The summed E-state index contributed by atoms with van der Waals surface area (Å²) in [5.74, 6) is 0.504. The van der Waals surface area contributed by atoms with E-state index < -0.39 is 5.91 Å². The third-order valence-electron chi connectivity index (χ3n) is 4.20. The molecule has 7 heteroatoms. The Labute approximate surface area is 173 Å². The standard InChI is InChI=1S/C22H21ClN2O4/c1-13(2)21(26)25-17-9-8-16(12-20(17)28-3)24-22(27)19-11-10-18(29-19)14-4-6-15(23)7-5-14/h4-13H,1-3H3,(H,24,27)(H,25,26). The Bertz CT molecular complexity index is 1030. The van der Waals surface area contributed by atoms with Crippen LogP contribution in [0.5, 0.6) is 5.75 Å². The van der Waals surface area contributed by atoms with Gasteiger partial charge in [0.2, 0.25) is 5.91 Å². The molecule has 1 heterocycles. The highest BCUT2D eigenvalue weighted by atomic mass is 35.5. The summed E-state index contributed by atoms with van der Waals surface area (Å²) in [4.78, 5) is 24.4. The molecule has 0 saturated carbocycles. The number of carbonyl (C=O) groups is 2. The quantitative estimate of drug-likeness (QED) is 0.563. The van der Waals surface area contributed by atoms with Gasteiger partial charge in [0, 0.05) is 28.3 Å². The van der Waals surface area contributed by atoms with E-state index in [2.05, 4.69) is 10.6 Å². The summed E-state index contributed by atoms with van der Waals surface area (Å²) in [6.45, 7) is 3.61. The molecular weight excluding hydrogens is 392 g/mol. The first-order valence-electron chi connectivity index (χ1n) is 9.03. The van der Waals surface area contributed by atoms with E-state index >= 15 is 0 Å². The van der Waals surface area contributed by atoms with Crippen LogP contribution in [0, 0.1) is 5.92 Å². The molecule has 0 bridgehead atoms. The predicted octanol–water partition coefficient (Wildman–Crippen LogP) is 5.46. The fourth-order valence-electron chi connectivity index (χ4n) is 2.57. The van der Waals surface area contributed by atoms with Crippen molar-refractivity contribution < 1.29 is 18.7 Å². The highest BCUT2D eigenvalue weighted by Gasteiger charge is 2.15. The largest absolute Gasteiger partial charge is 0.494 e. The van der Waals surface area contributed by atoms with Crippen molar-refractivity contribution in [3.63, 3.8) is 0 Å². The van der Waals surface area contributed by atoms with Crippen molar-refractivity contribution in [1.82, 2.24) is 0 Å². The molecule has 2 amide bonds. The van der Waals surface area contributed by atoms with Crippen molar-refractivity contribution in [3.8, 4) is 17.1 Å². The van der Waals surface area contributed by atoms with Crippen molar-refractivity contribution in [2.24, 2.45) is 5.92 Å². The third kappa shape index (κ3) is 4.97. The highest BCUT2D eigenvalue weighted by Crippen LogP contribution is 2.29. The predicted molar refractivity (Wildman–Crippen MR) is 114 cm³/mol. The zero-order valence-corrected chi connectivity index (χ0v) is 17.0. The van der Waals surface area contributed by atoms with Crippen LogP contribution in [0.1, 0.15) is 24.4 Å². The number of hydrogen-bond donors (Lipinski definition) is 2. The van der Waals surface area contributed by atoms with E-state index in [1.165, 1.54) is 7.11 Å². The molecule has 0 aliphatic rings. The van der Waals surface area contributed by atoms with Crippen LogP contribution in [-0.4, -0.2) is 18.9 Å². The molecule has 150 valence electrons. The maximum absolute atomic E-state index is 12.5. The van der Waals surface area contributed by atoms with E-state index in [1.807, 2.05) is 12.1 Å². The summed E-state index contributed by atoms with van der Waals surface area (Å²) in [5.41, 5.74) is 1.87. The molecule has 0 unspecified atom stereocenters. The number of halogens is 1. The Balaban J connectivity index is 1.73. The summed E-state index contributed by atoms with van der Waals surface area (Å²) >= 11 is 5.90. The van der Waals surface area contributed by atoms with Gasteiger partial charge >= 0.3 is 0 Å². The van der Waals surface area contributed by atoms with Crippen molar-refractivity contribution in [3.05, 3.63) is 65.4 Å². The minimum absolute atomic E-state index is 0.120. The SMILES string of the molecule is COc1cc(NC(=O)c2ccc(-c3ccc(Cl)cc3)o2)ccc1NC(=O)C(C)C. The minimum Gasteiger partial charge on any atom is -0.494 e. The fourth-order valence-corrected chi connectivity index (χ4v) is 2.70. The van der Waals surface area contributed by atoms with Gasteiger partial charge in [0.25, 0.3) is 5.91 Å². The molecule has 0 aliphatic carbocycles. The van der Waals surface area contributed by atoms with E-state index in [4.69, 9.17) is 20.8 Å². The lowest BCUT2D eigenvalue weighted by molar-refractivity contribution is -0.118. The Hall–Kier alpha value is -3.25. The van der Waals surface area contributed by atoms with E-state index in [0.717, 1.165) is 5.56 Å². The zero-order valence-electron chi connectivity index (χ0n) is 16.3. The maximum atomic E-state index is 12.5. The van der Waals surface area contributed by atoms with E-state index in [0.29, 0.717) is 27.9 Å². The van der Waals surface area contributed by atoms with Crippen LogP contribution in [0.3, 0.4) is 0 Å². The van der Waals surface area contributed by atoms with Crippen LogP contribution < -0.4 is 15.4 Å². The second-order valence-electron chi connectivity index (χ2n) is 6.68. The molecule has 2 aromatic carbocycles. The molecule has 2 N–H and O–H groups in total. The summed E-state index contributed by atoms with van der Waals surface area (Å²) in [6, 6.07) is 15.5. The molecule has 0 atom stereocenters. The lowest BCUT2D eigenvalue weighted by Gasteiger charge is -2.13. The second-order valence-corrected chi connectivity index (χ2v) is 7.12. The number of hydrogen-bond acceptors (Lipinski definition) is 4. The Kier molecular flexibility index (Phi) is 6.24. The van der Waals surface area contributed by atoms with Crippen LogP contribution >= 0.6 is 11.6 Å². The first-order chi connectivity index (χ1) is 13.9. The molecule has 29 heavy (non-hydrogen) atoms. The molecule has 0 aliphatic heterocycles. The van der Waals surface area contributed by atoms with Gasteiger partial charge < -0.3 is 19.8 Å². The summed E-state index contributed by atoms with van der Waals surface area (Å²) < 4.78 is 11.0. The average molecular weight is 413 g/mol. The van der Waals surface area contributed by atoms with E-state index in [9.17, 15) is 9.59 Å². The Morgan fingerprint density at radius 3 is 2.38 bits per heavy atom. The normalized spacial score (nSPS) is 10.7. The van der Waals surface area contributed by atoms with Crippen molar-refractivity contribution in [1.29, 1.82) is 0 Å². The number of furan rings is 1. The van der Waals surface area contributed by atoms with Gasteiger partial charge in [0.1, 0.15) is 11.5 Å². The van der Waals surface area contributed by atoms with Gasteiger partial charge in [-0.25, -0.2) is 0 Å². The topological polar surface area (TPSA) is 80.6 Å². The first kappa shape index (κ1) is 20.5. The average Bonchev–Trinajstić information content (AvgIpc) is 3.20. The van der Waals surface area contributed by atoms with Crippen molar-refractivity contribution >= 4 is 34.8 Å². The van der Waals surface area contributed by atoms with E-state index in [1.54, 1.807) is 56.3 Å². The molecule has 1 aromatic heterocycles. The first-order valence-corrected chi connectivity index (χ1v) is 9.41. The van der Waals surface area contributed by atoms with Gasteiger partial charge in [-0.3, -0.25) is 9.59 Å². The third-order valence-corrected chi connectivity index (χ3v) is 4.45. The summed E-state index contributed by atoms with van der Waals surface area (Å²) in [6.07, 6.45) is 0. The zero-order chi connectivity index (χ0) is 21.0. The number of benzene rings is 2. The van der Waals surface area contributed by atoms with Crippen molar-refractivity contribution in [2.75, 3.05) is 17.7 Å². The Morgan fingerprint density at radius 1 is 1.00 bits per heavy atom. The van der Waals surface area contributed by atoms with Gasteiger partial charge in [-0.2, -0.15) is 0 Å². The van der Waals surface area contributed by atoms with Crippen LogP contribution in [0.4, 0.5) is 11.4 Å². The van der Waals surface area contributed by atoms with Crippen LogP contribution in [0.25, 0.3) is 11.3 Å². The number of ether oxygens (including phenoxy) is 1. The van der Waals surface area contributed by atoms with Crippen LogP contribution in [-0.2, 0) is 4.79 Å². The number of anilines is 2. The lowest BCUT2D eigenvalue weighted by atomic mass is 10.2. The minimum atomic E-state index is -0.397. The molecule has 0 saturated heterocycles. The second kappa shape index (κ2) is 8.84. The van der Waals surface area contributed by atoms with Gasteiger partial charge in [0.05, 0.1) is 12.8 Å². The molecular formula is C22H21ClN2O4. The molecule has 3 aromatic rings. The van der Waals surface area contributed by atoms with Gasteiger partial charge in [-0.15, -0.1) is 0 Å². The molecule has 0 fully saturated rings. The van der Waals surface area contributed by atoms with Gasteiger partial charge in [0.15, 0.2) is 5.76 Å². The van der Waals surface area contributed by atoms with Crippen LogP contribution in [0.2, 0.25) is 5.02 Å². The number of nitrogens with one attached hydrogen (secondary N) is 2. The van der Waals surface area contributed by atoms with Gasteiger partial charge in [-0.1, -0.05) is 25.4 Å². The number of carbonyl (C=O) groups excluding carboxylic acids is 2. The molecule has 0 spiro atoms. The smallest absolute Gasteiger partial charge is 0.291 e. The summed E-state index contributed by atoms with van der Waals surface area (Å²) in [7, 11) is 1.50. The summed E-state index contributed by atoms with van der Waals surface area (Å²) in [5, 5.41) is 6.18. The number of methoxy groups -OCH3 is 1. The monoisotopic (exact) mass is 412 g/mol. The number of rotatable bonds is 6. The maximum Gasteiger partial charge on any atom is 0.291 e. The van der Waals surface area contributed by atoms with Crippen LogP contribution in [0.15, 0.2) is 59.0 Å². The fraction of sp³-hybridized carbons (Fsp3) is 0.182. The molecule has 0 radical (unpaired) electrons. The highest BCUT2D eigenvalue weighted by molar-refractivity contribution is 6.30. The molecule has 3 rings (SSSR count). The van der Waals surface area contributed by atoms with E-state index in [-0.39, 0.29) is 17.6 Å².